The van der Waals surface area contributed by atoms with Crippen molar-refractivity contribution in [2.75, 3.05) is 10.6 Å². The molecule has 4 rings (SSSR count). The fraction of sp³-hybridized carbons (Fsp3) is 0.0455. The van der Waals surface area contributed by atoms with Crippen LogP contribution in [-0.2, 0) is 0 Å². The van der Waals surface area contributed by atoms with Crippen molar-refractivity contribution in [1.82, 2.24) is 15.0 Å². The van der Waals surface area contributed by atoms with E-state index in [1.54, 1.807) is 12.4 Å². The Labute approximate surface area is 158 Å². The largest absolute Gasteiger partial charge is 0.384 e. The Bertz CT molecular complexity index is 1060. The van der Waals surface area contributed by atoms with E-state index in [2.05, 4.69) is 9.97 Å². The highest BCUT2D eigenvalue weighted by atomic mass is 15.2. The first-order valence-electron chi connectivity index (χ1n) is 8.67. The number of nitrogens with two attached hydrogens (primary N) is 1. The molecule has 3 heterocycles. The summed E-state index contributed by atoms with van der Waals surface area (Å²) in [6.07, 6.45) is 3.51. The molecular formula is C22H19N5. The van der Waals surface area contributed by atoms with Crippen LogP contribution in [0.3, 0.4) is 0 Å². The summed E-state index contributed by atoms with van der Waals surface area (Å²) < 4.78 is 0. The van der Waals surface area contributed by atoms with Gasteiger partial charge in [0.25, 0.3) is 0 Å². The third kappa shape index (κ3) is 3.62. The van der Waals surface area contributed by atoms with Crippen LogP contribution in [0.1, 0.15) is 5.69 Å². The van der Waals surface area contributed by atoms with Gasteiger partial charge in [-0.15, -0.1) is 0 Å². The fourth-order valence-corrected chi connectivity index (χ4v) is 2.96. The normalized spacial score (nSPS) is 10.6. The molecule has 132 valence electrons. The molecule has 0 saturated heterocycles. The lowest BCUT2D eigenvalue weighted by Gasteiger charge is -2.23. The molecule has 0 bridgehead atoms. The van der Waals surface area contributed by atoms with Crippen LogP contribution in [0, 0.1) is 6.92 Å². The van der Waals surface area contributed by atoms with E-state index in [1.165, 1.54) is 0 Å². The Balaban J connectivity index is 1.85. The van der Waals surface area contributed by atoms with Crippen molar-refractivity contribution in [3.05, 3.63) is 90.9 Å². The second kappa shape index (κ2) is 7.25. The third-order valence-electron chi connectivity index (χ3n) is 4.21. The van der Waals surface area contributed by atoms with Gasteiger partial charge in [0, 0.05) is 23.8 Å². The maximum atomic E-state index is 5.85. The average Bonchev–Trinajstić information content (AvgIpc) is 2.69. The van der Waals surface area contributed by atoms with E-state index >= 15 is 0 Å². The van der Waals surface area contributed by atoms with Crippen molar-refractivity contribution in [3.8, 4) is 11.1 Å². The number of aromatic nitrogens is 3. The molecule has 0 saturated carbocycles. The van der Waals surface area contributed by atoms with Crippen molar-refractivity contribution in [2.24, 2.45) is 0 Å². The van der Waals surface area contributed by atoms with Gasteiger partial charge in [-0.1, -0.05) is 24.3 Å². The lowest BCUT2D eigenvalue weighted by atomic mass is 10.1. The average molecular weight is 353 g/mol. The first-order valence-corrected chi connectivity index (χ1v) is 8.67. The zero-order chi connectivity index (χ0) is 18.6. The zero-order valence-corrected chi connectivity index (χ0v) is 14.9. The number of hydrogen-bond donors (Lipinski definition) is 1. The number of benzene rings is 1. The Kier molecular flexibility index (Phi) is 4.49. The highest BCUT2D eigenvalue weighted by Gasteiger charge is 2.15. The molecule has 0 atom stereocenters. The molecule has 5 heteroatoms. The summed E-state index contributed by atoms with van der Waals surface area (Å²) in [5.74, 6) is 2.10. The van der Waals surface area contributed by atoms with Gasteiger partial charge >= 0.3 is 0 Å². The van der Waals surface area contributed by atoms with Crippen molar-refractivity contribution in [2.45, 2.75) is 6.92 Å². The van der Waals surface area contributed by atoms with E-state index in [1.807, 2.05) is 84.6 Å². The van der Waals surface area contributed by atoms with Crippen LogP contribution < -0.4 is 10.6 Å². The van der Waals surface area contributed by atoms with Gasteiger partial charge in [0.2, 0.25) is 0 Å². The molecular weight excluding hydrogens is 334 g/mol. The zero-order valence-electron chi connectivity index (χ0n) is 14.9. The molecule has 0 aliphatic rings. The van der Waals surface area contributed by atoms with E-state index < -0.39 is 0 Å². The highest BCUT2D eigenvalue weighted by molar-refractivity contribution is 5.76. The predicted molar refractivity (Wildman–Crippen MR) is 109 cm³/mol. The smallest absolute Gasteiger partial charge is 0.139 e. The number of rotatable bonds is 4. The molecule has 0 radical (unpaired) electrons. The maximum absolute atomic E-state index is 5.85. The summed E-state index contributed by atoms with van der Waals surface area (Å²) in [4.78, 5) is 15.4. The molecule has 1 aromatic carbocycles. The minimum Gasteiger partial charge on any atom is -0.384 e. The van der Waals surface area contributed by atoms with Crippen molar-refractivity contribution in [1.29, 1.82) is 0 Å². The number of nitrogen functional groups attached to an aromatic ring is 1. The SMILES string of the molecule is Cc1cccc(N(c2ccccc2)c2cc(-c3ccnc(N)c3)ccn2)n1. The monoisotopic (exact) mass is 353 g/mol. The van der Waals surface area contributed by atoms with Crippen molar-refractivity contribution < 1.29 is 0 Å². The van der Waals surface area contributed by atoms with E-state index in [9.17, 15) is 0 Å². The minimum absolute atomic E-state index is 0.492. The Morgan fingerprint density at radius 2 is 1.48 bits per heavy atom. The number of para-hydroxylation sites is 1. The standard InChI is InChI=1S/C22H19N5/c1-16-6-5-9-21(26-16)27(19-7-3-2-4-8-19)22-15-18(11-13-25-22)17-10-12-24-20(23)14-17/h2-15H,1H3,(H2,23,24). The molecule has 4 aromatic rings. The second-order valence-corrected chi connectivity index (χ2v) is 6.18. The molecule has 2 N–H and O–H groups in total. The lowest BCUT2D eigenvalue weighted by molar-refractivity contribution is 1.10. The number of aryl methyl sites for hydroxylation is 1. The van der Waals surface area contributed by atoms with Crippen molar-refractivity contribution >= 4 is 23.1 Å². The lowest BCUT2D eigenvalue weighted by Crippen LogP contribution is -2.13. The number of nitrogens with zero attached hydrogens (tertiary/aromatic N) is 4. The van der Waals surface area contributed by atoms with E-state index in [0.717, 1.165) is 34.1 Å². The summed E-state index contributed by atoms with van der Waals surface area (Å²) in [6, 6.07) is 23.9. The van der Waals surface area contributed by atoms with Crippen LogP contribution in [0.2, 0.25) is 0 Å². The van der Waals surface area contributed by atoms with Crippen LogP contribution in [-0.4, -0.2) is 15.0 Å². The van der Waals surface area contributed by atoms with Gasteiger partial charge in [-0.05, 0) is 66.6 Å². The maximum Gasteiger partial charge on any atom is 0.139 e. The summed E-state index contributed by atoms with van der Waals surface area (Å²) >= 11 is 0. The quantitative estimate of drug-likeness (QED) is 0.565. The molecule has 0 unspecified atom stereocenters. The topological polar surface area (TPSA) is 67.9 Å². The van der Waals surface area contributed by atoms with E-state index in [-0.39, 0.29) is 0 Å². The van der Waals surface area contributed by atoms with E-state index in [4.69, 9.17) is 10.7 Å². The number of anilines is 4. The van der Waals surface area contributed by atoms with Crippen LogP contribution in [0.15, 0.2) is 85.2 Å². The summed E-state index contributed by atoms with van der Waals surface area (Å²) in [7, 11) is 0. The predicted octanol–water partition coefficient (Wildman–Crippen LogP) is 4.90. The van der Waals surface area contributed by atoms with Gasteiger partial charge in [-0.3, -0.25) is 4.90 Å². The van der Waals surface area contributed by atoms with Gasteiger partial charge in [0.1, 0.15) is 17.5 Å². The van der Waals surface area contributed by atoms with Crippen LogP contribution in [0.25, 0.3) is 11.1 Å². The van der Waals surface area contributed by atoms with Gasteiger partial charge < -0.3 is 5.73 Å². The molecule has 0 aliphatic carbocycles. The van der Waals surface area contributed by atoms with Crippen molar-refractivity contribution in [3.63, 3.8) is 0 Å². The molecule has 0 fully saturated rings. The van der Waals surface area contributed by atoms with Crippen LogP contribution in [0.4, 0.5) is 23.1 Å². The number of pyridine rings is 3. The summed E-state index contributed by atoms with van der Waals surface area (Å²) in [5.41, 5.74) is 9.80. The summed E-state index contributed by atoms with van der Waals surface area (Å²) in [5, 5.41) is 0. The third-order valence-corrected chi connectivity index (χ3v) is 4.21. The first kappa shape index (κ1) is 16.7. The Hall–Kier alpha value is -3.73. The molecule has 0 amide bonds. The first-order chi connectivity index (χ1) is 13.2. The Morgan fingerprint density at radius 3 is 2.22 bits per heavy atom. The number of hydrogen-bond acceptors (Lipinski definition) is 5. The van der Waals surface area contributed by atoms with Crippen LogP contribution in [0.5, 0.6) is 0 Å². The second-order valence-electron chi connectivity index (χ2n) is 6.18. The van der Waals surface area contributed by atoms with Gasteiger partial charge in [-0.2, -0.15) is 0 Å². The van der Waals surface area contributed by atoms with Gasteiger partial charge in [0.05, 0.1) is 0 Å². The highest BCUT2D eigenvalue weighted by Crippen LogP contribution is 2.33. The molecule has 3 aromatic heterocycles. The Morgan fingerprint density at radius 1 is 0.741 bits per heavy atom. The summed E-state index contributed by atoms with van der Waals surface area (Å²) in [6.45, 7) is 1.98. The molecule has 0 aliphatic heterocycles. The molecule has 5 nitrogen and oxygen atoms in total. The van der Waals surface area contributed by atoms with Crippen LogP contribution >= 0.6 is 0 Å². The van der Waals surface area contributed by atoms with E-state index in [0.29, 0.717) is 5.82 Å². The fourth-order valence-electron chi connectivity index (χ4n) is 2.96. The van der Waals surface area contributed by atoms with Gasteiger partial charge in [0.15, 0.2) is 0 Å². The molecule has 27 heavy (non-hydrogen) atoms. The van der Waals surface area contributed by atoms with Gasteiger partial charge in [-0.25, -0.2) is 15.0 Å². The molecule has 0 spiro atoms. The minimum atomic E-state index is 0.492.